The molecule has 2 aliphatic heterocycles. The predicted octanol–water partition coefficient (Wildman–Crippen LogP) is 2.38. The first-order valence-electron chi connectivity index (χ1n) is 7.94. The third kappa shape index (κ3) is 2.29. The smallest absolute Gasteiger partial charge is 0.264 e. The summed E-state index contributed by atoms with van der Waals surface area (Å²) in [5, 5.41) is 2.97. The van der Waals surface area contributed by atoms with Crippen LogP contribution in [0, 0.1) is 12.8 Å². The van der Waals surface area contributed by atoms with Crippen molar-refractivity contribution in [3.05, 3.63) is 59.7 Å². The van der Waals surface area contributed by atoms with Crippen molar-refractivity contribution in [2.75, 3.05) is 10.8 Å². The van der Waals surface area contributed by atoms with Gasteiger partial charge in [-0.2, -0.15) is 0 Å². The van der Waals surface area contributed by atoms with Crippen molar-refractivity contribution in [3.8, 4) is 0 Å². The van der Waals surface area contributed by atoms with Crippen molar-refractivity contribution >= 4 is 21.6 Å². The van der Waals surface area contributed by atoms with Crippen LogP contribution in [-0.4, -0.2) is 20.9 Å². The van der Waals surface area contributed by atoms with Gasteiger partial charge in [0.1, 0.15) is 0 Å². The van der Waals surface area contributed by atoms with Crippen molar-refractivity contribution in [3.63, 3.8) is 0 Å². The summed E-state index contributed by atoms with van der Waals surface area (Å²) in [6, 6.07) is 14.2. The molecule has 6 heteroatoms. The molecule has 1 saturated heterocycles. The van der Waals surface area contributed by atoms with Gasteiger partial charge in [0.25, 0.3) is 10.0 Å². The van der Waals surface area contributed by atoms with Gasteiger partial charge in [-0.3, -0.25) is 9.10 Å². The van der Waals surface area contributed by atoms with Crippen LogP contribution >= 0.6 is 0 Å². The van der Waals surface area contributed by atoms with Gasteiger partial charge in [0.2, 0.25) is 5.91 Å². The highest BCUT2D eigenvalue weighted by Gasteiger charge is 2.43. The van der Waals surface area contributed by atoms with Crippen LogP contribution in [0.3, 0.4) is 0 Å². The van der Waals surface area contributed by atoms with E-state index in [2.05, 4.69) is 5.32 Å². The van der Waals surface area contributed by atoms with E-state index in [-0.39, 0.29) is 22.8 Å². The third-order valence-electron chi connectivity index (χ3n) is 4.79. The van der Waals surface area contributed by atoms with Gasteiger partial charge < -0.3 is 5.32 Å². The van der Waals surface area contributed by atoms with E-state index in [1.54, 1.807) is 24.3 Å². The predicted molar refractivity (Wildman–Crippen MR) is 91.1 cm³/mol. The molecule has 0 bridgehead atoms. The molecule has 0 radical (unpaired) electrons. The normalized spacial score (nSPS) is 22.7. The fourth-order valence-corrected chi connectivity index (χ4v) is 5.11. The Labute approximate surface area is 141 Å². The number of nitrogens with one attached hydrogen (secondary N) is 1. The summed E-state index contributed by atoms with van der Waals surface area (Å²) in [6.07, 6.45) is 0.360. The largest absolute Gasteiger partial charge is 0.349 e. The molecule has 2 aromatic carbocycles. The second-order valence-corrected chi connectivity index (χ2v) is 8.28. The lowest BCUT2D eigenvalue weighted by atomic mass is 9.89. The molecule has 4 rings (SSSR count). The van der Waals surface area contributed by atoms with E-state index in [1.165, 1.54) is 4.31 Å². The quantitative estimate of drug-likeness (QED) is 0.911. The molecule has 0 aliphatic carbocycles. The standard InChI is InChI=1S/C18H18N2O3S/c1-12-6-8-14(9-7-12)24(22,23)20-11-13-10-17(21)19-18(13)15-4-2-3-5-16(15)20/h2-9,13,18H,10-11H2,1H3,(H,19,21)/t13-,18?/m1/s1. The van der Waals surface area contributed by atoms with Gasteiger partial charge in [-0.1, -0.05) is 35.9 Å². The highest BCUT2D eigenvalue weighted by atomic mass is 32.2. The zero-order valence-corrected chi connectivity index (χ0v) is 14.1. The summed E-state index contributed by atoms with van der Waals surface area (Å²) in [7, 11) is -3.65. The highest BCUT2D eigenvalue weighted by Crippen LogP contribution is 2.43. The lowest BCUT2D eigenvalue weighted by Gasteiger charge is -2.36. The molecule has 24 heavy (non-hydrogen) atoms. The van der Waals surface area contributed by atoms with Gasteiger partial charge in [0.05, 0.1) is 16.6 Å². The first-order valence-corrected chi connectivity index (χ1v) is 9.38. The average molecular weight is 342 g/mol. The van der Waals surface area contributed by atoms with Gasteiger partial charge in [0.15, 0.2) is 0 Å². The SMILES string of the molecule is Cc1ccc(S(=O)(=O)N2C[C@H]3CC(=O)NC3c3ccccc32)cc1. The zero-order chi connectivity index (χ0) is 16.9. The summed E-state index contributed by atoms with van der Waals surface area (Å²) in [5.41, 5.74) is 2.54. The molecule has 0 spiro atoms. The van der Waals surface area contributed by atoms with Gasteiger partial charge >= 0.3 is 0 Å². The van der Waals surface area contributed by atoms with E-state index < -0.39 is 10.0 Å². The Morgan fingerprint density at radius 2 is 1.79 bits per heavy atom. The molecule has 1 amide bonds. The van der Waals surface area contributed by atoms with Crippen molar-refractivity contribution in [1.29, 1.82) is 0 Å². The number of carbonyl (C=O) groups excluding carboxylic acids is 1. The van der Waals surface area contributed by atoms with Gasteiger partial charge in [-0.15, -0.1) is 0 Å². The molecule has 5 nitrogen and oxygen atoms in total. The molecular formula is C18H18N2O3S. The number of nitrogens with zero attached hydrogens (tertiary/aromatic N) is 1. The van der Waals surface area contributed by atoms with Crippen molar-refractivity contribution in [2.45, 2.75) is 24.3 Å². The number of benzene rings is 2. The maximum absolute atomic E-state index is 13.2. The van der Waals surface area contributed by atoms with Gasteiger partial charge in [-0.05, 0) is 30.7 Å². The fraction of sp³-hybridized carbons (Fsp3) is 0.278. The first kappa shape index (κ1) is 15.2. The molecule has 0 saturated carbocycles. The Morgan fingerprint density at radius 3 is 2.54 bits per heavy atom. The number of para-hydroxylation sites is 1. The van der Waals surface area contributed by atoms with Crippen LogP contribution in [-0.2, 0) is 14.8 Å². The number of fused-ring (bicyclic) bond motifs is 3. The monoisotopic (exact) mass is 342 g/mol. The van der Waals surface area contributed by atoms with Crippen LogP contribution in [0.4, 0.5) is 5.69 Å². The second kappa shape index (κ2) is 5.34. The summed E-state index contributed by atoms with van der Waals surface area (Å²) in [4.78, 5) is 12.1. The fourth-order valence-electron chi connectivity index (χ4n) is 3.56. The Morgan fingerprint density at radius 1 is 1.08 bits per heavy atom. The minimum absolute atomic E-state index is 0.0191. The summed E-state index contributed by atoms with van der Waals surface area (Å²) in [6.45, 7) is 2.24. The van der Waals surface area contributed by atoms with Crippen LogP contribution < -0.4 is 9.62 Å². The Kier molecular flexibility index (Phi) is 3.38. The van der Waals surface area contributed by atoms with E-state index in [0.29, 0.717) is 18.7 Å². The zero-order valence-electron chi connectivity index (χ0n) is 13.3. The van der Waals surface area contributed by atoms with Gasteiger partial charge in [0, 0.05) is 18.9 Å². The minimum Gasteiger partial charge on any atom is -0.349 e. The first-order chi connectivity index (χ1) is 11.5. The Bertz CT molecular complexity index is 906. The molecule has 0 aromatic heterocycles. The maximum Gasteiger partial charge on any atom is 0.264 e. The topological polar surface area (TPSA) is 66.5 Å². The second-order valence-electron chi connectivity index (χ2n) is 6.42. The van der Waals surface area contributed by atoms with E-state index in [9.17, 15) is 13.2 Å². The number of sulfonamides is 1. The summed E-state index contributed by atoms with van der Waals surface area (Å²) in [5.74, 6) is -0.0537. The van der Waals surface area contributed by atoms with Crippen molar-refractivity contribution < 1.29 is 13.2 Å². The molecule has 2 aliphatic rings. The molecule has 2 atom stereocenters. The number of hydrogen-bond acceptors (Lipinski definition) is 3. The summed E-state index contributed by atoms with van der Waals surface area (Å²) >= 11 is 0. The van der Waals surface area contributed by atoms with Crippen LogP contribution in [0.5, 0.6) is 0 Å². The lowest BCUT2D eigenvalue weighted by molar-refractivity contribution is -0.119. The molecular weight excluding hydrogens is 324 g/mol. The lowest BCUT2D eigenvalue weighted by Crippen LogP contribution is -2.41. The van der Waals surface area contributed by atoms with Gasteiger partial charge in [-0.25, -0.2) is 8.42 Å². The molecule has 2 heterocycles. The molecule has 1 N–H and O–H groups in total. The molecule has 1 unspecified atom stereocenters. The van der Waals surface area contributed by atoms with Crippen LogP contribution in [0.1, 0.15) is 23.6 Å². The Hall–Kier alpha value is -2.34. The maximum atomic E-state index is 13.2. The number of anilines is 1. The number of carbonyl (C=O) groups is 1. The van der Waals surface area contributed by atoms with E-state index >= 15 is 0 Å². The summed E-state index contributed by atoms with van der Waals surface area (Å²) < 4.78 is 27.8. The molecule has 2 aromatic rings. The van der Waals surface area contributed by atoms with E-state index in [4.69, 9.17) is 0 Å². The number of aryl methyl sites for hydroxylation is 1. The molecule has 124 valence electrons. The number of amides is 1. The average Bonchev–Trinajstić information content (AvgIpc) is 2.95. The van der Waals surface area contributed by atoms with Crippen LogP contribution in [0.15, 0.2) is 53.4 Å². The van der Waals surface area contributed by atoms with Crippen LogP contribution in [0.25, 0.3) is 0 Å². The number of rotatable bonds is 2. The number of hydrogen-bond donors (Lipinski definition) is 1. The Balaban J connectivity index is 1.82. The van der Waals surface area contributed by atoms with E-state index in [0.717, 1.165) is 11.1 Å². The van der Waals surface area contributed by atoms with Crippen LogP contribution in [0.2, 0.25) is 0 Å². The van der Waals surface area contributed by atoms with Crippen molar-refractivity contribution in [1.82, 2.24) is 5.32 Å². The third-order valence-corrected chi connectivity index (χ3v) is 6.58. The highest BCUT2D eigenvalue weighted by molar-refractivity contribution is 7.92. The van der Waals surface area contributed by atoms with E-state index in [1.807, 2.05) is 31.2 Å². The van der Waals surface area contributed by atoms with Crippen molar-refractivity contribution in [2.24, 2.45) is 5.92 Å². The minimum atomic E-state index is -3.65. The molecule has 1 fully saturated rings.